The van der Waals surface area contributed by atoms with Crippen molar-refractivity contribution in [3.05, 3.63) is 271 Å². The molecule has 0 N–H and O–H groups in total. The predicted molar refractivity (Wildman–Crippen MR) is 287 cm³/mol. The van der Waals surface area contributed by atoms with E-state index in [1.807, 2.05) is 0 Å². The molecule has 2 aliphatic carbocycles. The van der Waals surface area contributed by atoms with Crippen LogP contribution in [-0.2, 0) is 5.41 Å². The van der Waals surface area contributed by atoms with Gasteiger partial charge in [-0.25, -0.2) is 0 Å². The third kappa shape index (κ3) is 5.34. The van der Waals surface area contributed by atoms with Crippen molar-refractivity contribution in [2.45, 2.75) is 5.41 Å². The molecule has 0 unspecified atom stereocenters. The minimum Gasteiger partial charge on any atom is -0.456 e. The van der Waals surface area contributed by atoms with E-state index >= 15 is 0 Å². The van der Waals surface area contributed by atoms with Crippen molar-refractivity contribution < 1.29 is 9.15 Å². The molecule has 1 spiro atoms. The molecule has 15 rings (SSSR count). The zero-order valence-corrected chi connectivity index (χ0v) is 37.9. The first-order valence-electron chi connectivity index (χ1n) is 24.1. The maximum Gasteiger partial charge on any atom is 0.159 e. The zero-order chi connectivity index (χ0) is 45.9. The molecule has 0 saturated carbocycles. The fourth-order valence-corrected chi connectivity index (χ4v) is 12.3. The number of furan rings is 1. The third-order valence-corrected chi connectivity index (χ3v) is 15.1. The molecule has 0 saturated heterocycles. The van der Waals surface area contributed by atoms with Gasteiger partial charge in [0, 0.05) is 33.2 Å². The van der Waals surface area contributed by atoms with Crippen LogP contribution in [0.5, 0.6) is 11.5 Å². The highest BCUT2D eigenvalue weighted by Crippen LogP contribution is 2.64. The van der Waals surface area contributed by atoms with Crippen molar-refractivity contribution in [3.8, 4) is 78.3 Å². The van der Waals surface area contributed by atoms with Crippen LogP contribution >= 0.6 is 0 Å². The minimum atomic E-state index is -0.685. The van der Waals surface area contributed by atoms with Crippen LogP contribution in [0.15, 0.2) is 253 Å². The molecule has 326 valence electrons. The summed E-state index contributed by atoms with van der Waals surface area (Å²) in [6, 6.07) is 90.6. The monoisotopic (exact) mass is 891 g/mol. The Morgan fingerprint density at radius 3 is 1.67 bits per heavy atom. The van der Waals surface area contributed by atoms with Crippen molar-refractivity contribution in [2.24, 2.45) is 0 Å². The normalized spacial score (nSPS) is 14.5. The van der Waals surface area contributed by atoms with Crippen LogP contribution in [0.3, 0.4) is 0 Å². The molecule has 1 aliphatic heterocycles. The molecule has 0 amide bonds. The number of rotatable bonds is 4. The van der Waals surface area contributed by atoms with E-state index in [1.165, 1.54) is 55.6 Å². The number of nitrogens with zero attached hydrogens (tertiary/aromatic N) is 1. The van der Waals surface area contributed by atoms with Gasteiger partial charge in [-0.1, -0.05) is 206 Å². The molecule has 2 heterocycles. The van der Waals surface area contributed by atoms with Gasteiger partial charge in [0.2, 0.25) is 0 Å². The quantitative estimate of drug-likeness (QED) is 0.176. The van der Waals surface area contributed by atoms with Gasteiger partial charge in [0.25, 0.3) is 0 Å². The van der Waals surface area contributed by atoms with E-state index in [0.29, 0.717) is 0 Å². The third-order valence-electron chi connectivity index (χ3n) is 15.1. The van der Waals surface area contributed by atoms with Crippen molar-refractivity contribution in [2.75, 3.05) is 4.90 Å². The Labute approximate surface area is 405 Å². The largest absolute Gasteiger partial charge is 0.456 e. The number of hydrogen-bond donors (Lipinski definition) is 0. The average Bonchev–Trinajstić information content (AvgIpc) is 3.87. The highest BCUT2D eigenvalue weighted by atomic mass is 16.5. The number of fused-ring (bicyclic) bond motifs is 21. The van der Waals surface area contributed by atoms with Crippen LogP contribution in [-0.4, -0.2) is 0 Å². The second kappa shape index (κ2) is 14.9. The van der Waals surface area contributed by atoms with Crippen LogP contribution in [0.4, 0.5) is 17.1 Å². The summed E-state index contributed by atoms with van der Waals surface area (Å²) in [5, 5.41) is 2.29. The summed E-state index contributed by atoms with van der Waals surface area (Å²) in [5.74, 6) is 1.63. The molecule has 3 aliphatic rings. The lowest BCUT2D eigenvalue weighted by atomic mass is 9.66. The minimum absolute atomic E-state index is 0.685. The summed E-state index contributed by atoms with van der Waals surface area (Å²) in [7, 11) is 0. The number of hydrogen-bond acceptors (Lipinski definition) is 3. The van der Waals surface area contributed by atoms with E-state index in [9.17, 15) is 0 Å². The fraction of sp³-hybridized carbons (Fsp3) is 0.0149. The number of benzene rings is 11. The Kier molecular flexibility index (Phi) is 8.28. The molecule has 1 aromatic heterocycles. The summed E-state index contributed by atoms with van der Waals surface area (Å²) in [6.45, 7) is 0. The summed E-state index contributed by atoms with van der Waals surface area (Å²) < 4.78 is 13.9. The van der Waals surface area contributed by atoms with Crippen molar-refractivity contribution in [3.63, 3.8) is 0 Å². The van der Waals surface area contributed by atoms with Gasteiger partial charge in [-0.3, -0.25) is 0 Å². The van der Waals surface area contributed by atoms with Crippen molar-refractivity contribution in [1.82, 2.24) is 0 Å². The summed E-state index contributed by atoms with van der Waals surface area (Å²) in [5.41, 5.74) is 23.0. The maximum absolute atomic E-state index is 7.28. The second-order valence-corrected chi connectivity index (χ2v) is 18.6. The molecule has 0 radical (unpaired) electrons. The van der Waals surface area contributed by atoms with Crippen LogP contribution < -0.4 is 9.64 Å². The first kappa shape index (κ1) is 38.9. The highest BCUT2D eigenvalue weighted by Gasteiger charge is 2.50. The van der Waals surface area contributed by atoms with Gasteiger partial charge in [-0.05, 0) is 115 Å². The summed E-state index contributed by atoms with van der Waals surface area (Å²) >= 11 is 0. The molecule has 3 nitrogen and oxygen atoms in total. The molecule has 11 aromatic carbocycles. The Morgan fingerprint density at radius 2 is 0.871 bits per heavy atom. The van der Waals surface area contributed by atoms with Gasteiger partial charge in [-0.15, -0.1) is 0 Å². The topological polar surface area (TPSA) is 25.6 Å². The predicted octanol–water partition coefficient (Wildman–Crippen LogP) is 18.2. The van der Waals surface area contributed by atoms with Crippen molar-refractivity contribution >= 4 is 39.0 Å². The molecule has 12 aromatic rings. The Hall–Kier alpha value is -9.18. The highest BCUT2D eigenvalue weighted by molar-refractivity contribution is 6.16. The average molecular weight is 892 g/mol. The maximum atomic E-state index is 7.28. The molecular weight excluding hydrogens is 851 g/mol. The van der Waals surface area contributed by atoms with Gasteiger partial charge in [0.05, 0.1) is 16.8 Å². The van der Waals surface area contributed by atoms with E-state index in [0.717, 1.165) is 83.9 Å². The van der Waals surface area contributed by atoms with Crippen LogP contribution in [0.1, 0.15) is 22.3 Å². The van der Waals surface area contributed by atoms with Crippen LogP contribution in [0, 0.1) is 0 Å². The standard InChI is InChI=1S/C67H41NO2/c1-2-19-42(20-3-1)44-21-10-15-33-59(44)68(60-34-18-30-51-47-24-6-5-23-46(47)50-27-11-16-35-61(50)70-66(51)60)43-37-38-57-54(41-43)48-25-7-4-22-45(48)49-26-8-13-31-55(49)67(57)56-32-14-9-28-52(56)64-58(67)39-40-63-65(64)53-29-12-17-36-62(53)69-63/h1-41H/t67-/m1/s1. The van der Waals surface area contributed by atoms with Gasteiger partial charge >= 0.3 is 0 Å². The molecule has 0 bridgehead atoms. The zero-order valence-electron chi connectivity index (χ0n) is 37.9. The Morgan fingerprint density at radius 1 is 0.329 bits per heavy atom. The van der Waals surface area contributed by atoms with Crippen LogP contribution in [0.25, 0.3) is 88.7 Å². The molecule has 0 fully saturated rings. The molecule has 3 heteroatoms. The first-order valence-corrected chi connectivity index (χ1v) is 24.1. The van der Waals surface area contributed by atoms with Gasteiger partial charge in [0.1, 0.15) is 16.9 Å². The molecule has 1 atom stereocenters. The van der Waals surface area contributed by atoms with E-state index in [4.69, 9.17) is 9.15 Å². The van der Waals surface area contributed by atoms with Gasteiger partial charge < -0.3 is 14.1 Å². The van der Waals surface area contributed by atoms with Gasteiger partial charge in [-0.2, -0.15) is 0 Å². The number of anilines is 3. The SMILES string of the molecule is c1ccc(-c2ccccc2N(c2ccc3c(c2)-c2ccccc2-c2ccccc2[C@@]32c3ccccc3-c3c2ccc2oc4ccccc4c32)c2cccc3c2Oc2ccccc2-c2ccccc2-3)cc1. The van der Waals surface area contributed by atoms with E-state index < -0.39 is 5.41 Å². The Bertz CT molecular complexity index is 4130. The lowest BCUT2D eigenvalue weighted by Gasteiger charge is -2.36. The van der Waals surface area contributed by atoms with E-state index in [2.05, 4.69) is 254 Å². The molecule has 70 heavy (non-hydrogen) atoms. The number of ether oxygens (including phenoxy) is 1. The summed E-state index contributed by atoms with van der Waals surface area (Å²) in [6.07, 6.45) is 0. The Balaban J connectivity index is 1.06. The van der Waals surface area contributed by atoms with Gasteiger partial charge in [0.15, 0.2) is 5.75 Å². The number of para-hydroxylation sites is 4. The van der Waals surface area contributed by atoms with E-state index in [-0.39, 0.29) is 0 Å². The summed E-state index contributed by atoms with van der Waals surface area (Å²) in [4.78, 5) is 2.43. The van der Waals surface area contributed by atoms with E-state index in [1.54, 1.807) is 0 Å². The molecular formula is C67H41NO2. The first-order chi connectivity index (χ1) is 34.8. The fourth-order valence-electron chi connectivity index (χ4n) is 12.3. The second-order valence-electron chi connectivity index (χ2n) is 18.6. The van der Waals surface area contributed by atoms with Crippen molar-refractivity contribution in [1.29, 1.82) is 0 Å². The lowest BCUT2D eigenvalue weighted by molar-refractivity contribution is 0.489. The smallest absolute Gasteiger partial charge is 0.159 e. The van der Waals surface area contributed by atoms with Crippen LogP contribution in [0.2, 0.25) is 0 Å². The lowest BCUT2D eigenvalue weighted by Crippen LogP contribution is -2.29.